The van der Waals surface area contributed by atoms with Gasteiger partial charge in [0.15, 0.2) is 0 Å². The molecule has 1 fully saturated rings. The van der Waals surface area contributed by atoms with E-state index in [0.717, 1.165) is 31.8 Å². The summed E-state index contributed by atoms with van der Waals surface area (Å²) in [5, 5.41) is 6.78. The number of aromatic nitrogens is 2. The third-order valence-corrected chi connectivity index (χ3v) is 7.00. The predicted molar refractivity (Wildman–Crippen MR) is 100.0 cm³/mol. The smallest absolute Gasteiger partial charge is 0.246 e. The highest BCUT2D eigenvalue weighted by Gasteiger charge is 2.32. The van der Waals surface area contributed by atoms with Gasteiger partial charge in [-0.3, -0.25) is 5.10 Å². The lowest BCUT2D eigenvalue weighted by Crippen LogP contribution is -2.49. The standard InChI is InChI=1S/C18H26N4O3S/c1-14-18(15(2)20-19-14)26(23,24)22-11-9-21(10-12-22)8-7-16-5-4-6-17(13-16)25-3/h4-6,13H,7-12H2,1-3H3,(H,19,20). The Hall–Kier alpha value is -1.90. The highest BCUT2D eigenvalue weighted by atomic mass is 32.2. The first-order valence-corrected chi connectivity index (χ1v) is 10.2. The van der Waals surface area contributed by atoms with Crippen LogP contribution in [-0.2, 0) is 16.4 Å². The second-order valence-electron chi connectivity index (χ2n) is 6.61. The molecular formula is C18H26N4O3S. The van der Waals surface area contributed by atoms with E-state index >= 15 is 0 Å². The number of benzene rings is 1. The molecule has 1 N–H and O–H groups in total. The Labute approximate surface area is 155 Å². The molecule has 1 aromatic carbocycles. The molecule has 0 bridgehead atoms. The molecule has 0 saturated carbocycles. The Bertz CT molecular complexity index is 836. The van der Waals surface area contributed by atoms with E-state index in [1.807, 2.05) is 18.2 Å². The number of aromatic amines is 1. The predicted octanol–water partition coefficient (Wildman–Crippen LogP) is 1.58. The van der Waals surface area contributed by atoms with Crippen molar-refractivity contribution >= 4 is 10.0 Å². The summed E-state index contributed by atoms with van der Waals surface area (Å²) < 4.78 is 32.6. The second kappa shape index (κ2) is 7.77. The Morgan fingerprint density at radius 1 is 1.19 bits per heavy atom. The molecule has 2 aromatic rings. The summed E-state index contributed by atoms with van der Waals surface area (Å²) >= 11 is 0. The number of sulfonamides is 1. The van der Waals surface area contributed by atoms with Crippen LogP contribution in [0.1, 0.15) is 17.0 Å². The van der Waals surface area contributed by atoms with Gasteiger partial charge >= 0.3 is 0 Å². The Morgan fingerprint density at radius 2 is 1.92 bits per heavy atom. The van der Waals surface area contributed by atoms with E-state index in [0.29, 0.717) is 29.4 Å². The van der Waals surface area contributed by atoms with Crippen LogP contribution in [0.25, 0.3) is 0 Å². The van der Waals surface area contributed by atoms with Gasteiger partial charge in [-0.05, 0) is 38.0 Å². The van der Waals surface area contributed by atoms with E-state index in [-0.39, 0.29) is 0 Å². The maximum atomic E-state index is 12.9. The molecule has 1 aliphatic heterocycles. The molecule has 142 valence electrons. The topological polar surface area (TPSA) is 78.5 Å². The van der Waals surface area contributed by atoms with E-state index in [1.165, 1.54) is 5.56 Å². The van der Waals surface area contributed by atoms with Crippen LogP contribution in [0.2, 0.25) is 0 Å². The van der Waals surface area contributed by atoms with Crippen molar-refractivity contribution in [3.63, 3.8) is 0 Å². The van der Waals surface area contributed by atoms with Crippen molar-refractivity contribution in [2.75, 3.05) is 39.8 Å². The lowest BCUT2D eigenvalue weighted by Gasteiger charge is -2.34. The molecule has 2 heterocycles. The molecule has 0 amide bonds. The van der Waals surface area contributed by atoms with E-state index < -0.39 is 10.0 Å². The second-order valence-corrected chi connectivity index (χ2v) is 8.49. The lowest BCUT2D eigenvalue weighted by atomic mass is 10.1. The van der Waals surface area contributed by atoms with Crippen molar-refractivity contribution in [2.45, 2.75) is 25.2 Å². The molecule has 26 heavy (non-hydrogen) atoms. The van der Waals surface area contributed by atoms with Crippen LogP contribution >= 0.6 is 0 Å². The molecule has 0 spiro atoms. The van der Waals surface area contributed by atoms with Gasteiger partial charge in [0.2, 0.25) is 10.0 Å². The van der Waals surface area contributed by atoms with Crippen molar-refractivity contribution < 1.29 is 13.2 Å². The zero-order chi connectivity index (χ0) is 18.7. The molecule has 0 radical (unpaired) electrons. The van der Waals surface area contributed by atoms with Gasteiger partial charge < -0.3 is 9.64 Å². The third-order valence-electron chi connectivity index (χ3n) is 4.84. The van der Waals surface area contributed by atoms with Gasteiger partial charge in [-0.2, -0.15) is 9.40 Å². The van der Waals surface area contributed by atoms with Crippen LogP contribution in [0.5, 0.6) is 5.75 Å². The van der Waals surface area contributed by atoms with Crippen molar-refractivity contribution in [1.29, 1.82) is 0 Å². The fraction of sp³-hybridized carbons (Fsp3) is 0.500. The van der Waals surface area contributed by atoms with Gasteiger partial charge in [0.05, 0.1) is 18.5 Å². The Morgan fingerprint density at radius 3 is 2.54 bits per heavy atom. The van der Waals surface area contributed by atoms with Gasteiger partial charge in [-0.15, -0.1) is 0 Å². The summed E-state index contributed by atoms with van der Waals surface area (Å²) in [5.41, 5.74) is 2.36. The summed E-state index contributed by atoms with van der Waals surface area (Å²) in [6, 6.07) is 8.07. The van der Waals surface area contributed by atoms with Crippen molar-refractivity contribution in [3.8, 4) is 5.75 Å². The number of methoxy groups -OCH3 is 1. The third kappa shape index (κ3) is 3.92. The fourth-order valence-corrected chi connectivity index (χ4v) is 5.11. The molecular weight excluding hydrogens is 352 g/mol. The minimum Gasteiger partial charge on any atom is -0.497 e. The Balaban J connectivity index is 1.57. The van der Waals surface area contributed by atoms with Gasteiger partial charge in [-0.25, -0.2) is 8.42 Å². The molecule has 1 saturated heterocycles. The summed E-state index contributed by atoms with van der Waals surface area (Å²) in [5.74, 6) is 0.865. The SMILES string of the molecule is COc1cccc(CCN2CCN(S(=O)(=O)c3c(C)n[nH]c3C)CC2)c1. The van der Waals surface area contributed by atoms with E-state index in [9.17, 15) is 8.42 Å². The van der Waals surface area contributed by atoms with Gasteiger partial charge in [0.1, 0.15) is 10.6 Å². The van der Waals surface area contributed by atoms with E-state index in [1.54, 1.807) is 25.3 Å². The van der Waals surface area contributed by atoms with Crippen LogP contribution in [0.4, 0.5) is 0 Å². The number of rotatable bonds is 6. The van der Waals surface area contributed by atoms with Crippen LogP contribution in [-0.4, -0.2) is 67.7 Å². The van der Waals surface area contributed by atoms with Crippen LogP contribution in [0, 0.1) is 13.8 Å². The highest BCUT2D eigenvalue weighted by molar-refractivity contribution is 7.89. The van der Waals surface area contributed by atoms with Gasteiger partial charge in [0, 0.05) is 32.7 Å². The number of nitrogens with zero attached hydrogens (tertiary/aromatic N) is 3. The molecule has 1 aliphatic rings. The zero-order valence-corrected chi connectivity index (χ0v) is 16.3. The average molecular weight is 378 g/mol. The first-order valence-electron chi connectivity index (χ1n) is 8.79. The minimum absolute atomic E-state index is 0.322. The molecule has 0 unspecified atom stereocenters. The first-order chi connectivity index (χ1) is 12.4. The van der Waals surface area contributed by atoms with Gasteiger partial charge in [0.25, 0.3) is 0 Å². The largest absolute Gasteiger partial charge is 0.497 e. The van der Waals surface area contributed by atoms with E-state index in [2.05, 4.69) is 21.2 Å². The summed E-state index contributed by atoms with van der Waals surface area (Å²) in [4.78, 5) is 2.63. The van der Waals surface area contributed by atoms with Crippen molar-refractivity contribution in [1.82, 2.24) is 19.4 Å². The maximum Gasteiger partial charge on any atom is 0.246 e. The van der Waals surface area contributed by atoms with Crippen LogP contribution in [0.3, 0.4) is 0 Å². The Kier molecular flexibility index (Phi) is 5.64. The summed E-state index contributed by atoms with van der Waals surface area (Å²) in [7, 11) is -1.81. The number of ether oxygens (including phenoxy) is 1. The number of hydrogen-bond donors (Lipinski definition) is 1. The maximum absolute atomic E-state index is 12.9. The molecule has 0 atom stereocenters. The summed E-state index contributed by atoms with van der Waals surface area (Å²) in [6.07, 6.45) is 0.921. The monoisotopic (exact) mass is 378 g/mol. The lowest BCUT2D eigenvalue weighted by molar-refractivity contribution is 0.190. The number of hydrogen-bond acceptors (Lipinski definition) is 5. The summed E-state index contributed by atoms with van der Waals surface area (Å²) in [6.45, 7) is 6.86. The quantitative estimate of drug-likeness (QED) is 0.826. The van der Waals surface area contributed by atoms with Crippen molar-refractivity contribution in [2.24, 2.45) is 0 Å². The fourth-order valence-electron chi connectivity index (χ4n) is 3.36. The highest BCUT2D eigenvalue weighted by Crippen LogP contribution is 2.23. The molecule has 3 rings (SSSR count). The first kappa shape index (κ1) is 18.9. The van der Waals surface area contributed by atoms with Crippen molar-refractivity contribution in [3.05, 3.63) is 41.2 Å². The van der Waals surface area contributed by atoms with Crippen LogP contribution < -0.4 is 4.74 Å². The zero-order valence-electron chi connectivity index (χ0n) is 15.5. The normalized spacial score (nSPS) is 16.7. The molecule has 1 aromatic heterocycles. The molecule has 8 heteroatoms. The molecule has 0 aliphatic carbocycles. The van der Waals surface area contributed by atoms with Crippen LogP contribution in [0.15, 0.2) is 29.2 Å². The average Bonchev–Trinajstić information content (AvgIpc) is 2.99. The number of nitrogens with one attached hydrogen (secondary N) is 1. The number of piperazine rings is 1. The van der Waals surface area contributed by atoms with Gasteiger partial charge in [-0.1, -0.05) is 12.1 Å². The minimum atomic E-state index is -3.48. The molecule has 7 nitrogen and oxygen atoms in total. The number of aryl methyl sites for hydroxylation is 2. The van der Waals surface area contributed by atoms with E-state index in [4.69, 9.17) is 4.74 Å². The number of H-pyrrole nitrogens is 1.